The molecule has 164 valence electrons. The molecule has 2 heterocycles. The Hall–Kier alpha value is -4.17. The van der Waals surface area contributed by atoms with Crippen LogP contribution in [-0.4, -0.2) is 22.1 Å². The lowest BCUT2D eigenvalue weighted by Crippen LogP contribution is -2.39. The number of rotatable bonds is 6. The van der Waals surface area contributed by atoms with Gasteiger partial charge in [-0.2, -0.15) is 4.98 Å². The molecule has 0 aliphatic carbocycles. The smallest absolute Gasteiger partial charge is 0.306 e. The third kappa shape index (κ3) is 3.70. The fraction of sp³-hybridized carbons (Fsp3) is 0.0800. The summed E-state index contributed by atoms with van der Waals surface area (Å²) in [6.07, 6.45) is 0. The fourth-order valence-electron chi connectivity index (χ4n) is 4.03. The van der Waals surface area contributed by atoms with E-state index >= 15 is 0 Å². The van der Waals surface area contributed by atoms with Gasteiger partial charge in [0.1, 0.15) is 16.0 Å². The number of ether oxygens (including phenoxy) is 1. The Labute approximate surface area is 192 Å². The standard InChI is InChI=1S/C25H20N4O3S/c1-32-19-14-12-18(13-15-19)25(16-8-4-2-5-9-16,17-10-6-3-7-11-17)29-23-26-21-20(22(30)28-23)33-24(31)27-21/h2-15H,1H3,(H3,26,27,28,29,30,31). The molecule has 0 saturated heterocycles. The summed E-state index contributed by atoms with van der Waals surface area (Å²) in [4.78, 5) is 34.1. The van der Waals surface area contributed by atoms with Crippen LogP contribution in [0.2, 0.25) is 0 Å². The normalized spacial score (nSPS) is 11.4. The molecule has 0 spiro atoms. The van der Waals surface area contributed by atoms with E-state index in [-0.39, 0.29) is 26.7 Å². The highest BCUT2D eigenvalue weighted by Crippen LogP contribution is 2.39. The van der Waals surface area contributed by atoms with Gasteiger partial charge in [0.15, 0.2) is 5.65 Å². The van der Waals surface area contributed by atoms with Crippen molar-refractivity contribution in [1.82, 2.24) is 15.0 Å². The van der Waals surface area contributed by atoms with Crippen LogP contribution in [0.3, 0.4) is 0 Å². The molecule has 7 nitrogen and oxygen atoms in total. The van der Waals surface area contributed by atoms with Gasteiger partial charge >= 0.3 is 4.87 Å². The second kappa shape index (κ2) is 8.40. The first-order valence-electron chi connectivity index (χ1n) is 10.3. The SMILES string of the molecule is COc1ccc(C(Nc2nc3[nH]c(=O)sc3c(=O)[nH]2)(c2ccccc2)c2ccccc2)cc1. The van der Waals surface area contributed by atoms with E-state index in [1.165, 1.54) is 0 Å². The lowest BCUT2D eigenvalue weighted by atomic mass is 9.77. The zero-order valence-corrected chi connectivity index (χ0v) is 18.5. The van der Waals surface area contributed by atoms with Crippen LogP contribution < -0.4 is 20.5 Å². The predicted octanol–water partition coefficient (Wildman–Crippen LogP) is 4.09. The van der Waals surface area contributed by atoms with E-state index in [9.17, 15) is 9.59 Å². The van der Waals surface area contributed by atoms with Crippen LogP contribution in [0.5, 0.6) is 5.75 Å². The zero-order chi connectivity index (χ0) is 22.8. The van der Waals surface area contributed by atoms with E-state index in [1.54, 1.807) is 7.11 Å². The molecule has 3 N–H and O–H groups in total. The highest BCUT2D eigenvalue weighted by atomic mass is 32.1. The number of hydrogen-bond donors (Lipinski definition) is 3. The topological polar surface area (TPSA) is 99.9 Å². The van der Waals surface area contributed by atoms with Gasteiger partial charge in [-0.05, 0) is 28.8 Å². The minimum atomic E-state index is -0.894. The number of aromatic amines is 2. The minimum Gasteiger partial charge on any atom is -0.497 e. The van der Waals surface area contributed by atoms with Crippen molar-refractivity contribution >= 4 is 27.6 Å². The Balaban J connectivity index is 1.79. The predicted molar refractivity (Wildman–Crippen MR) is 130 cm³/mol. The average molecular weight is 457 g/mol. The average Bonchev–Trinajstić information content (AvgIpc) is 3.24. The molecule has 0 atom stereocenters. The summed E-state index contributed by atoms with van der Waals surface area (Å²) < 4.78 is 5.63. The van der Waals surface area contributed by atoms with Crippen LogP contribution in [0.4, 0.5) is 5.95 Å². The number of hydrogen-bond acceptors (Lipinski definition) is 6. The van der Waals surface area contributed by atoms with Crippen molar-refractivity contribution in [3.05, 3.63) is 122 Å². The maximum absolute atomic E-state index is 12.7. The summed E-state index contributed by atoms with van der Waals surface area (Å²) in [6, 6.07) is 27.6. The van der Waals surface area contributed by atoms with Crippen molar-refractivity contribution in [2.75, 3.05) is 12.4 Å². The van der Waals surface area contributed by atoms with E-state index in [0.29, 0.717) is 0 Å². The number of benzene rings is 3. The molecule has 2 aromatic heterocycles. The van der Waals surface area contributed by atoms with Gasteiger partial charge in [-0.1, -0.05) is 84.1 Å². The van der Waals surface area contributed by atoms with Crippen LogP contribution >= 0.6 is 11.3 Å². The van der Waals surface area contributed by atoms with Gasteiger partial charge in [-0.25, -0.2) is 0 Å². The molecule has 3 aromatic carbocycles. The molecule has 33 heavy (non-hydrogen) atoms. The summed E-state index contributed by atoms with van der Waals surface area (Å²) in [5, 5.41) is 3.50. The first-order chi connectivity index (χ1) is 16.1. The van der Waals surface area contributed by atoms with Gasteiger partial charge in [0.2, 0.25) is 5.95 Å². The highest BCUT2D eigenvalue weighted by Gasteiger charge is 2.37. The van der Waals surface area contributed by atoms with Crippen molar-refractivity contribution < 1.29 is 4.74 Å². The monoisotopic (exact) mass is 456 g/mol. The molecule has 0 bridgehead atoms. The molecule has 0 unspecified atom stereocenters. The van der Waals surface area contributed by atoms with Crippen LogP contribution in [0, 0.1) is 0 Å². The molecular formula is C25H20N4O3S. The van der Waals surface area contributed by atoms with E-state index in [2.05, 4.69) is 20.3 Å². The van der Waals surface area contributed by atoms with Crippen LogP contribution in [0.15, 0.2) is 94.5 Å². The fourth-order valence-corrected chi connectivity index (χ4v) is 4.70. The molecule has 8 heteroatoms. The Morgan fingerprint density at radius 1 is 0.818 bits per heavy atom. The van der Waals surface area contributed by atoms with Crippen LogP contribution in [0.25, 0.3) is 10.3 Å². The Morgan fingerprint density at radius 2 is 1.39 bits per heavy atom. The number of fused-ring (bicyclic) bond motifs is 1. The highest BCUT2D eigenvalue weighted by molar-refractivity contribution is 7.16. The van der Waals surface area contributed by atoms with E-state index < -0.39 is 5.54 Å². The zero-order valence-electron chi connectivity index (χ0n) is 17.7. The second-order valence-corrected chi connectivity index (χ2v) is 8.43. The van der Waals surface area contributed by atoms with Gasteiger partial charge in [-0.15, -0.1) is 0 Å². The van der Waals surface area contributed by atoms with E-state index in [1.807, 2.05) is 84.9 Å². The first-order valence-corrected chi connectivity index (χ1v) is 11.1. The van der Waals surface area contributed by atoms with Crippen molar-refractivity contribution in [3.8, 4) is 5.75 Å². The van der Waals surface area contributed by atoms with E-state index in [0.717, 1.165) is 33.8 Å². The number of nitrogens with zero attached hydrogens (tertiary/aromatic N) is 1. The van der Waals surface area contributed by atoms with Gasteiger partial charge in [-0.3, -0.25) is 19.6 Å². The Morgan fingerprint density at radius 3 is 1.97 bits per heavy atom. The largest absolute Gasteiger partial charge is 0.497 e. The number of methoxy groups -OCH3 is 1. The number of anilines is 1. The summed E-state index contributed by atoms with van der Waals surface area (Å²) in [5.41, 5.74) is 1.79. The number of H-pyrrole nitrogens is 2. The molecule has 0 amide bonds. The summed E-state index contributed by atoms with van der Waals surface area (Å²) in [5.74, 6) is 0.975. The molecular weight excluding hydrogens is 436 g/mol. The Bertz CT molecular complexity index is 1470. The third-order valence-corrected chi connectivity index (χ3v) is 6.40. The molecule has 0 saturated carbocycles. The maximum Gasteiger partial charge on any atom is 0.306 e. The maximum atomic E-state index is 12.7. The molecule has 0 aliphatic rings. The van der Waals surface area contributed by atoms with Gasteiger partial charge in [0, 0.05) is 0 Å². The van der Waals surface area contributed by atoms with Crippen LogP contribution in [0.1, 0.15) is 16.7 Å². The second-order valence-electron chi connectivity index (χ2n) is 7.44. The van der Waals surface area contributed by atoms with Crippen molar-refractivity contribution in [2.24, 2.45) is 0 Å². The van der Waals surface area contributed by atoms with Crippen molar-refractivity contribution in [2.45, 2.75) is 5.54 Å². The summed E-state index contributed by atoms with van der Waals surface area (Å²) >= 11 is 0.840. The summed E-state index contributed by atoms with van der Waals surface area (Å²) in [7, 11) is 1.63. The van der Waals surface area contributed by atoms with Crippen LogP contribution in [-0.2, 0) is 5.54 Å². The lowest BCUT2D eigenvalue weighted by Gasteiger charge is -2.37. The van der Waals surface area contributed by atoms with Crippen molar-refractivity contribution in [1.29, 1.82) is 0 Å². The molecule has 5 aromatic rings. The molecule has 0 fully saturated rings. The molecule has 0 aliphatic heterocycles. The Kier molecular flexibility index (Phi) is 5.27. The lowest BCUT2D eigenvalue weighted by molar-refractivity contribution is 0.414. The van der Waals surface area contributed by atoms with Crippen molar-refractivity contribution in [3.63, 3.8) is 0 Å². The number of thiazole rings is 1. The van der Waals surface area contributed by atoms with Gasteiger partial charge in [0.05, 0.1) is 7.11 Å². The number of nitrogens with one attached hydrogen (secondary N) is 3. The minimum absolute atomic E-state index is 0.241. The van der Waals surface area contributed by atoms with Gasteiger partial charge < -0.3 is 10.1 Å². The summed E-state index contributed by atoms with van der Waals surface area (Å²) in [6.45, 7) is 0. The first kappa shape index (κ1) is 20.7. The molecule has 0 radical (unpaired) electrons. The number of aromatic nitrogens is 3. The molecule has 5 rings (SSSR count). The quantitative estimate of drug-likeness (QED) is 0.334. The van der Waals surface area contributed by atoms with E-state index in [4.69, 9.17) is 4.74 Å². The van der Waals surface area contributed by atoms with Gasteiger partial charge in [0.25, 0.3) is 5.56 Å². The third-order valence-electron chi connectivity index (χ3n) is 5.53.